The van der Waals surface area contributed by atoms with Crippen LogP contribution in [0.15, 0.2) is 64.7 Å². The quantitative estimate of drug-likeness (QED) is 0.147. The molecule has 0 heterocycles. The third-order valence-corrected chi connectivity index (χ3v) is 7.18. The van der Waals surface area contributed by atoms with Crippen molar-refractivity contribution in [1.82, 2.24) is 0 Å². The number of alkyl halides is 2. The maximum atomic E-state index is 15.1. The van der Waals surface area contributed by atoms with Crippen molar-refractivity contribution in [2.24, 2.45) is 5.92 Å². The van der Waals surface area contributed by atoms with Gasteiger partial charge in [0.25, 0.3) is 0 Å². The van der Waals surface area contributed by atoms with Crippen molar-refractivity contribution in [2.75, 3.05) is 0 Å². The standard InChI is InChI=1S/C31H20F7IO/c1-16-8-17-2-3-18(10-20(17)9-16)19-4-5-23(25(32)11-19)21-12-28(35)30(29(36)13-21)31(37,38)40-22-14-26(33)24(6-7-39)27(34)15-22/h2-7,10-16H,8-9H2,1H3. The molecule has 1 aliphatic rings. The van der Waals surface area contributed by atoms with E-state index in [1.54, 1.807) is 28.7 Å². The highest BCUT2D eigenvalue weighted by Crippen LogP contribution is 2.39. The predicted octanol–water partition coefficient (Wildman–Crippen LogP) is 9.98. The average Bonchev–Trinajstić information content (AvgIpc) is 3.24. The molecule has 0 amide bonds. The largest absolute Gasteiger partial charge is 0.432 e. The average molecular weight is 668 g/mol. The first kappa shape index (κ1) is 28.2. The van der Waals surface area contributed by atoms with Crippen molar-refractivity contribution >= 4 is 28.7 Å². The van der Waals surface area contributed by atoms with Crippen LogP contribution in [0.25, 0.3) is 28.3 Å². The molecule has 1 aliphatic carbocycles. The molecule has 0 spiro atoms. The van der Waals surface area contributed by atoms with E-state index < -0.39 is 52.1 Å². The first-order chi connectivity index (χ1) is 19.0. The lowest BCUT2D eigenvalue weighted by molar-refractivity contribution is -0.189. The molecule has 9 heteroatoms. The van der Waals surface area contributed by atoms with Crippen LogP contribution in [-0.4, -0.2) is 0 Å². The molecule has 4 aromatic carbocycles. The second-order valence-corrected chi connectivity index (χ2v) is 10.4. The van der Waals surface area contributed by atoms with Crippen LogP contribution in [0.5, 0.6) is 5.75 Å². The van der Waals surface area contributed by atoms with Gasteiger partial charge in [0.15, 0.2) is 0 Å². The Morgan fingerprint density at radius 3 is 1.93 bits per heavy atom. The lowest BCUT2D eigenvalue weighted by atomic mass is 9.96. The highest BCUT2D eigenvalue weighted by Gasteiger charge is 2.41. The van der Waals surface area contributed by atoms with Gasteiger partial charge in [0.1, 0.15) is 40.4 Å². The van der Waals surface area contributed by atoms with Crippen molar-refractivity contribution in [1.29, 1.82) is 0 Å². The van der Waals surface area contributed by atoms with E-state index >= 15 is 4.39 Å². The van der Waals surface area contributed by atoms with E-state index in [1.165, 1.54) is 27.3 Å². The molecule has 0 N–H and O–H groups in total. The van der Waals surface area contributed by atoms with Gasteiger partial charge in [0, 0.05) is 23.3 Å². The fourth-order valence-corrected chi connectivity index (χ4v) is 5.35. The molecule has 0 bridgehead atoms. The summed E-state index contributed by atoms with van der Waals surface area (Å²) >= 11 is 1.72. The molecule has 40 heavy (non-hydrogen) atoms. The smallest absolute Gasteiger partial charge is 0.429 e. The van der Waals surface area contributed by atoms with Crippen molar-refractivity contribution < 1.29 is 35.5 Å². The summed E-state index contributed by atoms with van der Waals surface area (Å²) in [5, 5.41) is 0. The summed E-state index contributed by atoms with van der Waals surface area (Å²) in [7, 11) is 0. The number of benzene rings is 4. The molecule has 5 rings (SSSR count). The van der Waals surface area contributed by atoms with E-state index in [-0.39, 0.29) is 11.1 Å². The number of hydrogen-bond donors (Lipinski definition) is 0. The van der Waals surface area contributed by atoms with Gasteiger partial charge in [-0.15, -0.1) is 0 Å². The monoisotopic (exact) mass is 668 g/mol. The molecule has 206 valence electrons. The molecular formula is C31H20F7IO. The minimum absolute atomic E-state index is 0.199. The van der Waals surface area contributed by atoms with Crippen LogP contribution in [0, 0.1) is 35.0 Å². The summed E-state index contributed by atoms with van der Waals surface area (Å²) in [5.41, 5.74) is 0.999. The van der Waals surface area contributed by atoms with Gasteiger partial charge >= 0.3 is 6.11 Å². The summed E-state index contributed by atoms with van der Waals surface area (Å²) in [6.07, 6.45) is -1.66. The topological polar surface area (TPSA) is 9.23 Å². The van der Waals surface area contributed by atoms with Gasteiger partial charge in [-0.3, -0.25) is 0 Å². The Morgan fingerprint density at radius 1 is 0.725 bits per heavy atom. The highest BCUT2D eigenvalue weighted by molar-refractivity contribution is 14.1. The van der Waals surface area contributed by atoms with Crippen molar-refractivity contribution in [2.45, 2.75) is 25.9 Å². The Morgan fingerprint density at radius 2 is 1.30 bits per heavy atom. The molecule has 0 saturated heterocycles. The summed E-state index contributed by atoms with van der Waals surface area (Å²) in [6, 6.07) is 12.1. The normalized spacial score (nSPS) is 15.1. The molecule has 0 fully saturated rings. The van der Waals surface area contributed by atoms with Gasteiger partial charge in [0.05, 0.1) is 0 Å². The molecule has 4 aromatic rings. The van der Waals surface area contributed by atoms with Crippen molar-refractivity contribution in [3.05, 3.63) is 116 Å². The number of halogens is 8. The molecule has 1 nitrogen and oxygen atoms in total. The summed E-state index contributed by atoms with van der Waals surface area (Å²) in [5.74, 6) is -7.10. The fourth-order valence-electron chi connectivity index (χ4n) is 4.99. The van der Waals surface area contributed by atoms with Gasteiger partial charge in [-0.1, -0.05) is 59.8 Å². The van der Waals surface area contributed by atoms with Crippen LogP contribution >= 0.6 is 22.6 Å². The maximum Gasteiger partial charge on any atom is 0.432 e. The van der Waals surface area contributed by atoms with Gasteiger partial charge in [0.2, 0.25) is 0 Å². The first-order valence-corrected chi connectivity index (χ1v) is 13.5. The van der Waals surface area contributed by atoms with Crippen LogP contribution < -0.4 is 4.74 Å². The number of hydrogen-bond acceptors (Lipinski definition) is 1. The van der Waals surface area contributed by atoms with E-state index in [9.17, 15) is 26.3 Å². The number of fused-ring (bicyclic) bond motifs is 1. The van der Waals surface area contributed by atoms with E-state index in [0.29, 0.717) is 35.7 Å². The maximum absolute atomic E-state index is 15.1. The highest BCUT2D eigenvalue weighted by atomic mass is 127. The van der Waals surface area contributed by atoms with E-state index in [4.69, 9.17) is 0 Å². The zero-order valence-corrected chi connectivity index (χ0v) is 23.0. The van der Waals surface area contributed by atoms with Crippen LogP contribution in [0.4, 0.5) is 30.7 Å². The third-order valence-electron chi connectivity index (χ3n) is 6.82. The van der Waals surface area contributed by atoms with E-state index in [1.807, 2.05) is 18.2 Å². The lowest BCUT2D eigenvalue weighted by Crippen LogP contribution is -2.25. The predicted molar refractivity (Wildman–Crippen MR) is 148 cm³/mol. The molecule has 0 saturated carbocycles. The summed E-state index contributed by atoms with van der Waals surface area (Å²) in [4.78, 5) is 0. The first-order valence-electron chi connectivity index (χ1n) is 12.2. The van der Waals surface area contributed by atoms with E-state index in [2.05, 4.69) is 11.7 Å². The zero-order chi connectivity index (χ0) is 28.8. The van der Waals surface area contributed by atoms with Crippen molar-refractivity contribution in [3.8, 4) is 28.0 Å². The Bertz CT molecular complexity index is 1600. The Labute approximate surface area is 239 Å². The van der Waals surface area contributed by atoms with Gasteiger partial charge in [-0.2, -0.15) is 8.78 Å². The Balaban J connectivity index is 1.43. The molecule has 1 unspecified atom stereocenters. The Kier molecular flexibility index (Phi) is 7.69. The Hall–Kier alpha value is -3.34. The number of ether oxygens (including phenoxy) is 1. The van der Waals surface area contributed by atoms with Gasteiger partial charge < -0.3 is 4.74 Å². The third kappa shape index (κ3) is 5.48. The van der Waals surface area contributed by atoms with Crippen LogP contribution in [-0.2, 0) is 19.0 Å². The lowest BCUT2D eigenvalue weighted by Gasteiger charge is -2.20. The van der Waals surface area contributed by atoms with Crippen LogP contribution in [0.1, 0.15) is 29.2 Å². The SMILES string of the molecule is CC1Cc2ccc(-c3ccc(-c4cc(F)c(C(F)(F)Oc5cc(F)c(C=CI)c(F)c5)c(F)c4)c(F)c3)cc2C1. The summed E-state index contributed by atoms with van der Waals surface area (Å²) < 4.78 is 108. The molecule has 0 aliphatic heterocycles. The molecule has 1 atom stereocenters. The van der Waals surface area contributed by atoms with Gasteiger partial charge in [-0.25, -0.2) is 22.0 Å². The summed E-state index contributed by atoms with van der Waals surface area (Å²) in [6.45, 7) is 2.15. The zero-order valence-electron chi connectivity index (χ0n) is 20.9. The minimum atomic E-state index is -4.64. The number of rotatable bonds is 6. The molecular weight excluding hydrogens is 648 g/mol. The fraction of sp³-hybridized carbons (Fsp3) is 0.161. The molecule has 0 radical (unpaired) electrons. The second-order valence-electron chi connectivity index (χ2n) is 9.72. The van der Waals surface area contributed by atoms with Crippen LogP contribution in [0.2, 0.25) is 0 Å². The van der Waals surface area contributed by atoms with Gasteiger partial charge in [-0.05, 0) is 74.9 Å². The molecule has 0 aromatic heterocycles. The van der Waals surface area contributed by atoms with Crippen LogP contribution in [0.3, 0.4) is 0 Å². The minimum Gasteiger partial charge on any atom is -0.429 e. The second kappa shape index (κ2) is 10.9. The van der Waals surface area contributed by atoms with Crippen molar-refractivity contribution in [3.63, 3.8) is 0 Å². The van der Waals surface area contributed by atoms with E-state index in [0.717, 1.165) is 24.5 Å².